The summed E-state index contributed by atoms with van der Waals surface area (Å²) in [5, 5.41) is 0. The number of likely N-dealkylation sites (N-methyl/N-ethyl adjacent to an activating group) is 1. The Morgan fingerprint density at radius 1 is 1.21 bits per heavy atom. The summed E-state index contributed by atoms with van der Waals surface area (Å²) in [5.41, 5.74) is 0.520. The molecule has 0 saturated carbocycles. The molecule has 1 aromatic heterocycles. The van der Waals surface area contributed by atoms with Crippen LogP contribution in [0, 0.1) is 0 Å². The number of piperazine rings is 1. The normalized spacial score (nSPS) is 22.8. The molecule has 2 aliphatic heterocycles. The number of pyridine rings is 1. The molecule has 1 atom stereocenters. The van der Waals surface area contributed by atoms with Gasteiger partial charge >= 0.3 is 5.97 Å². The van der Waals surface area contributed by atoms with E-state index in [1.165, 1.54) is 32.6 Å². The van der Waals surface area contributed by atoms with Gasteiger partial charge in [0, 0.05) is 51.5 Å². The lowest BCUT2D eigenvalue weighted by Crippen LogP contribution is -2.50. The van der Waals surface area contributed by atoms with Crippen LogP contribution in [0.4, 0.5) is 5.82 Å². The highest BCUT2D eigenvalue weighted by Gasteiger charge is 2.30. The third-order valence-electron chi connectivity index (χ3n) is 5.12. The van der Waals surface area contributed by atoms with Crippen molar-refractivity contribution in [3.63, 3.8) is 0 Å². The second-order valence-electron chi connectivity index (χ2n) is 6.48. The van der Waals surface area contributed by atoms with E-state index in [0.29, 0.717) is 18.2 Å². The van der Waals surface area contributed by atoms with E-state index in [2.05, 4.69) is 26.6 Å². The van der Waals surface area contributed by atoms with Crippen molar-refractivity contribution in [1.82, 2.24) is 14.8 Å². The average Bonchev–Trinajstić information content (AvgIpc) is 3.12. The summed E-state index contributed by atoms with van der Waals surface area (Å²) < 4.78 is 5.00. The van der Waals surface area contributed by atoms with Gasteiger partial charge in [0.15, 0.2) is 0 Å². The van der Waals surface area contributed by atoms with E-state index in [4.69, 9.17) is 4.74 Å². The maximum Gasteiger partial charge on any atom is 0.339 e. The molecule has 0 N–H and O–H groups in total. The molecule has 0 aromatic carbocycles. The Balaban J connectivity index is 1.55. The summed E-state index contributed by atoms with van der Waals surface area (Å²) in [6.45, 7) is 12.3. The predicted octanol–water partition coefficient (Wildman–Crippen LogP) is 1.47. The van der Waals surface area contributed by atoms with Crippen LogP contribution < -0.4 is 4.90 Å². The van der Waals surface area contributed by atoms with E-state index in [9.17, 15) is 4.79 Å². The fourth-order valence-corrected chi connectivity index (χ4v) is 3.60. The molecule has 1 aromatic rings. The monoisotopic (exact) mass is 332 g/mol. The molecule has 2 aliphatic rings. The van der Waals surface area contributed by atoms with E-state index in [0.717, 1.165) is 25.5 Å². The van der Waals surface area contributed by atoms with Crippen molar-refractivity contribution in [2.45, 2.75) is 26.3 Å². The minimum Gasteiger partial charge on any atom is -0.462 e. The molecule has 0 aliphatic carbocycles. The molecule has 0 amide bonds. The Labute approximate surface area is 144 Å². The van der Waals surface area contributed by atoms with Gasteiger partial charge in [0.2, 0.25) is 0 Å². The molecule has 3 heterocycles. The molecule has 3 rings (SSSR count). The van der Waals surface area contributed by atoms with Crippen LogP contribution >= 0.6 is 0 Å². The van der Waals surface area contributed by atoms with Gasteiger partial charge in [-0.2, -0.15) is 0 Å². The number of anilines is 1. The van der Waals surface area contributed by atoms with Crippen molar-refractivity contribution < 1.29 is 9.53 Å². The largest absolute Gasteiger partial charge is 0.462 e. The second kappa shape index (κ2) is 7.94. The molecular weight excluding hydrogens is 304 g/mol. The molecule has 2 fully saturated rings. The Hall–Kier alpha value is -1.66. The molecule has 0 bridgehead atoms. The van der Waals surface area contributed by atoms with Crippen LogP contribution in [0.2, 0.25) is 0 Å². The van der Waals surface area contributed by atoms with E-state index in [-0.39, 0.29) is 5.97 Å². The van der Waals surface area contributed by atoms with Gasteiger partial charge in [-0.15, -0.1) is 0 Å². The van der Waals surface area contributed by atoms with Crippen LogP contribution in [0.25, 0.3) is 0 Å². The Kier molecular flexibility index (Phi) is 5.68. The first-order chi connectivity index (χ1) is 11.7. The fourth-order valence-electron chi connectivity index (χ4n) is 3.60. The lowest BCUT2D eigenvalue weighted by atomic mass is 10.2. The smallest absolute Gasteiger partial charge is 0.339 e. The summed E-state index contributed by atoms with van der Waals surface area (Å²) in [5.74, 6) is 0.655. The number of hydrogen-bond acceptors (Lipinski definition) is 6. The molecule has 0 radical (unpaired) electrons. The minimum absolute atomic E-state index is 0.301. The van der Waals surface area contributed by atoms with E-state index in [1.807, 2.05) is 19.1 Å². The maximum absolute atomic E-state index is 11.7. The molecule has 132 valence electrons. The van der Waals surface area contributed by atoms with Crippen molar-refractivity contribution in [1.29, 1.82) is 0 Å². The van der Waals surface area contributed by atoms with Crippen molar-refractivity contribution in [2.24, 2.45) is 0 Å². The summed E-state index contributed by atoms with van der Waals surface area (Å²) in [7, 11) is 0. The minimum atomic E-state index is -0.301. The molecule has 6 heteroatoms. The van der Waals surface area contributed by atoms with Gasteiger partial charge in [0.1, 0.15) is 5.82 Å². The summed E-state index contributed by atoms with van der Waals surface area (Å²) >= 11 is 0. The Morgan fingerprint density at radius 3 is 2.62 bits per heavy atom. The number of aromatic nitrogens is 1. The van der Waals surface area contributed by atoms with Crippen LogP contribution in [-0.2, 0) is 4.74 Å². The molecule has 6 nitrogen and oxygen atoms in total. The number of rotatable bonds is 5. The zero-order valence-corrected chi connectivity index (χ0v) is 14.8. The van der Waals surface area contributed by atoms with Crippen LogP contribution in [0.5, 0.6) is 0 Å². The Bertz CT molecular complexity index is 540. The highest BCUT2D eigenvalue weighted by molar-refractivity contribution is 5.89. The predicted molar refractivity (Wildman–Crippen MR) is 94.5 cm³/mol. The Morgan fingerprint density at radius 2 is 2.00 bits per heavy atom. The molecule has 24 heavy (non-hydrogen) atoms. The second-order valence-corrected chi connectivity index (χ2v) is 6.48. The van der Waals surface area contributed by atoms with Crippen molar-refractivity contribution >= 4 is 11.8 Å². The van der Waals surface area contributed by atoms with E-state index >= 15 is 0 Å². The van der Waals surface area contributed by atoms with Crippen molar-refractivity contribution in [3.8, 4) is 0 Å². The molecule has 1 unspecified atom stereocenters. The zero-order chi connectivity index (χ0) is 16.9. The summed E-state index contributed by atoms with van der Waals surface area (Å²) in [6.07, 6.45) is 2.81. The van der Waals surface area contributed by atoms with Gasteiger partial charge in [-0.1, -0.05) is 6.92 Å². The summed E-state index contributed by atoms with van der Waals surface area (Å²) in [6, 6.07) is 4.37. The summed E-state index contributed by atoms with van der Waals surface area (Å²) in [4.78, 5) is 23.6. The van der Waals surface area contributed by atoms with Crippen LogP contribution in [-0.4, -0.2) is 79.2 Å². The van der Waals surface area contributed by atoms with E-state index in [1.54, 1.807) is 6.20 Å². The molecule has 2 saturated heterocycles. The SMILES string of the molecule is CCOC(=O)c1ccc(N2CCC(N3CCN(CC)CC3)C2)nc1. The van der Waals surface area contributed by atoms with Gasteiger partial charge < -0.3 is 14.5 Å². The zero-order valence-electron chi connectivity index (χ0n) is 14.8. The maximum atomic E-state index is 11.7. The first kappa shape index (κ1) is 17.2. The molecular formula is C18H28N4O2. The van der Waals surface area contributed by atoms with Crippen molar-refractivity contribution in [2.75, 3.05) is 57.3 Å². The number of nitrogens with zero attached hydrogens (tertiary/aromatic N) is 4. The van der Waals surface area contributed by atoms with Gasteiger partial charge in [-0.05, 0) is 32.0 Å². The fraction of sp³-hybridized carbons (Fsp3) is 0.667. The topological polar surface area (TPSA) is 48.9 Å². The number of esters is 1. The lowest BCUT2D eigenvalue weighted by Gasteiger charge is -2.37. The standard InChI is InChI=1S/C18H28N4O2/c1-3-20-9-11-21(12-10-20)16-7-8-22(14-16)17-6-5-15(13-19-17)18(23)24-4-2/h5-6,13,16H,3-4,7-12,14H2,1-2H3. The lowest BCUT2D eigenvalue weighted by molar-refractivity contribution is 0.0526. The van der Waals surface area contributed by atoms with E-state index < -0.39 is 0 Å². The number of ether oxygens (including phenoxy) is 1. The third kappa shape index (κ3) is 3.87. The van der Waals surface area contributed by atoms with Crippen LogP contribution in [0.1, 0.15) is 30.6 Å². The number of hydrogen-bond donors (Lipinski definition) is 0. The van der Waals surface area contributed by atoms with Gasteiger partial charge in [-0.25, -0.2) is 9.78 Å². The highest BCUT2D eigenvalue weighted by atomic mass is 16.5. The van der Waals surface area contributed by atoms with Crippen LogP contribution in [0.15, 0.2) is 18.3 Å². The highest BCUT2D eigenvalue weighted by Crippen LogP contribution is 2.22. The van der Waals surface area contributed by atoms with Gasteiger partial charge in [-0.3, -0.25) is 4.90 Å². The first-order valence-electron chi connectivity index (χ1n) is 9.05. The van der Waals surface area contributed by atoms with Gasteiger partial charge in [0.05, 0.1) is 12.2 Å². The number of carbonyl (C=O) groups excluding carboxylic acids is 1. The number of carbonyl (C=O) groups is 1. The van der Waals surface area contributed by atoms with Gasteiger partial charge in [0.25, 0.3) is 0 Å². The molecule has 0 spiro atoms. The van der Waals surface area contributed by atoms with Crippen LogP contribution in [0.3, 0.4) is 0 Å². The third-order valence-corrected chi connectivity index (χ3v) is 5.12. The van der Waals surface area contributed by atoms with Crippen molar-refractivity contribution in [3.05, 3.63) is 23.9 Å². The quantitative estimate of drug-likeness (QED) is 0.761. The first-order valence-corrected chi connectivity index (χ1v) is 9.05. The average molecular weight is 332 g/mol.